The van der Waals surface area contributed by atoms with Crippen LogP contribution in [0.1, 0.15) is 26.7 Å². The average Bonchev–Trinajstić information content (AvgIpc) is 1.63. The lowest BCUT2D eigenvalue weighted by atomic mass is 9.76. The maximum Gasteiger partial charge on any atom is 0.0255 e. The van der Waals surface area contributed by atoms with Crippen molar-refractivity contribution >= 4 is 15.9 Å². The molecule has 0 aliphatic heterocycles. The first-order chi connectivity index (χ1) is 3.13. The quantitative estimate of drug-likeness (QED) is 0.481. The molecule has 0 amide bonds. The van der Waals surface area contributed by atoms with Gasteiger partial charge in [0.15, 0.2) is 0 Å². The number of rotatable bonds is 0. The fourth-order valence-electron chi connectivity index (χ4n) is 0.831. The first-order valence-corrected chi connectivity index (χ1v) is 3.61. The minimum absolute atomic E-state index is 0.493. The van der Waals surface area contributed by atoms with Gasteiger partial charge in [0.2, 0.25) is 0 Å². The Bertz CT molecular complexity index is 76.2. The van der Waals surface area contributed by atoms with Gasteiger partial charge in [-0.05, 0) is 25.7 Å². The highest BCUT2D eigenvalue weighted by atomic mass is 79.9. The Morgan fingerprint density at radius 3 is 2.14 bits per heavy atom. The van der Waals surface area contributed by atoms with Crippen LogP contribution < -0.4 is 0 Å². The van der Waals surface area contributed by atoms with Gasteiger partial charge in [0.1, 0.15) is 0 Å². The van der Waals surface area contributed by atoms with Crippen molar-refractivity contribution in [1.29, 1.82) is 0 Å². The Hall–Kier alpha value is 0.480. The van der Waals surface area contributed by atoms with E-state index >= 15 is 0 Å². The maximum atomic E-state index is 3.63. The fraction of sp³-hybridized carbons (Fsp3) is 1.00. The summed E-state index contributed by atoms with van der Waals surface area (Å²) in [4.78, 5) is 0. The Kier molecular flexibility index (Phi) is 1.18. The second-order valence-electron chi connectivity index (χ2n) is 2.72. The molecule has 1 heteroatoms. The number of halogens is 1. The van der Waals surface area contributed by atoms with Gasteiger partial charge < -0.3 is 0 Å². The normalized spacial score (nSPS) is 51.0. The van der Waals surface area contributed by atoms with Crippen molar-refractivity contribution in [2.45, 2.75) is 31.0 Å². The van der Waals surface area contributed by atoms with Crippen LogP contribution in [0.2, 0.25) is 0 Å². The minimum Gasteiger partial charge on any atom is -0.0853 e. The maximum absolute atomic E-state index is 3.63. The van der Waals surface area contributed by atoms with Crippen molar-refractivity contribution in [2.24, 2.45) is 5.92 Å². The smallest absolute Gasteiger partial charge is 0.0255 e. The number of alkyl halides is 1. The van der Waals surface area contributed by atoms with Crippen LogP contribution in [0.15, 0.2) is 0 Å². The van der Waals surface area contributed by atoms with E-state index in [1.165, 1.54) is 12.8 Å². The third-order valence-electron chi connectivity index (χ3n) is 2.09. The van der Waals surface area contributed by atoms with Crippen molar-refractivity contribution < 1.29 is 0 Å². The zero-order valence-electron chi connectivity index (χ0n) is 4.87. The van der Waals surface area contributed by atoms with Gasteiger partial charge in [0.25, 0.3) is 0 Å². The van der Waals surface area contributed by atoms with E-state index < -0.39 is 0 Å². The van der Waals surface area contributed by atoms with Crippen molar-refractivity contribution in [3.05, 3.63) is 0 Å². The first-order valence-electron chi connectivity index (χ1n) is 2.82. The largest absolute Gasteiger partial charge is 0.0853 e. The molecule has 0 unspecified atom stereocenters. The molecule has 2 atom stereocenters. The molecule has 42 valence electrons. The van der Waals surface area contributed by atoms with Gasteiger partial charge in [-0.15, -0.1) is 0 Å². The number of hydrogen-bond acceptors (Lipinski definition) is 0. The monoisotopic (exact) mass is 162 g/mol. The van der Waals surface area contributed by atoms with Gasteiger partial charge in [-0.2, -0.15) is 0 Å². The van der Waals surface area contributed by atoms with Crippen LogP contribution in [-0.2, 0) is 0 Å². The molecule has 0 radical (unpaired) electrons. The van der Waals surface area contributed by atoms with E-state index in [1.807, 2.05) is 0 Å². The summed E-state index contributed by atoms with van der Waals surface area (Å²) in [6, 6.07) is 0. The molecular formula is C6H11Br. The van der Waals surface area contributed by atoms with E-state index in [2.05, 4.69) is 29.8 Å². The van der Waals surface area contributed by atoms with E-state index in [9.17, 15) is 0 Å². The van der Waals surface area contributed by atoms with Crippen LogP contribution in [-0.4, -0.2) is 4.32 Å². The molecule has 0 spiro atoms. The van der Waals surface area contributed by atoms with Gasteiger partial charge in [0, 0.05) is 4.32 Å². The summed E-state index contributed by atoms with van der Waals surface area (Å²) in [5.41, 5.74) is 0. The van der Waals surface area contributed by atoms with Crippen LogP contribution in [0.3, 0.4) is 0 Å². The Morgan fingerprint density at radius 2 is 2.14 bits per heavy atom. The Balaban J connectivity index is 2.43. The molecule has 0 aromatic rings. The van der Waals surface area contributed by atoms with Gasteiger partial charge in [0.05, 0.1) is 0 Å². The highest BCUT2D eigenvalue weighted by Crippen LogP contribution is 2.44. The highest BCUT2D eigenvalue weighted by molar-refractivity contribution is 9.10. The van der Waals surface area contributed by atoms with E-state index in [0.717, 1.165) is 5.92 Å². The average molecular weight is 163 g/mol. The van der Waals surface area contributed by atoms with E-state index in [0.29, 0.717) is 4.32 Å². The van der Waals surface area contributed by atoms with Gasteiger partial charge in [-0.3, -0.25) is 0 Å². The predicted molar refractivity (Wildman–Crippen MR) is 35.7 cm³/mol. The lowest BCUT2D eigenvalue weighted by Gasteiger charge is -2.40. The predicted octanol–water partition coefficient (Wildman–Crippen LogP) is 2.57. The first kappa shape index (κ1) is 5.61. The summed E-state index contributed by atoms with van der Waals surface area (Å²) in [5, 5.41) is 0. The van der Waals surface area contributed by atoms with Crippen molar-refractivity contribution in [3.63, 3.8) is 0 Å². The molecule has 0 N–H and O–H groups in total. The van der Waals surface area contributed by atoms with Crippen LogP contribution in [0, 0.1) is 5.92 Å². The summed E-state index contributed by atoms with van der Waals surface area (Å²) in [6.07, 6.45) is 2.76. The SMILES string of the molecule is C[C@H]1CC[C@@]1(C)Br. The van der Waals surface area contributed by atoms with Crippen molar-refractivity contribution in [1.82, 2.24) is 0 Å². The van der Waals surface area contributed by atoms with Crippen LogP contribution in [0.4, 0.5) is 0 Å². The standard InChI is InChI=1S/C6H11Br/c1-5-3-4-6(5,2)7/h5H,3-4H2,1-2H3/t5-,6+/m0/s1. The molecule has 1 aliphatic carbocycles. The summed E-state index contributed by atoms with van der Waals surface area (Å²) in [6.45, 7) is 4.55. The zero-order valence-corrected chi connectivity index (χ0v) is 6.46. The molecule has 0 nitrogen and oxygen atoms in total. The molecule has 0 heterocycles. The molecule has 0 saturated heterocycles. The zero-order chi connectivity index (χ0) is 5.49. The van der Waals surface area contributed by atoms with Gasteiger partial charge in [-0.25, -0.2) is 0 Å². The fourth-order valence-corrected chi connectivity index (χ4v) is 1.29. The lowest BCUT2D eigenvalue weighted by molar-refractivity contribution is 0.267. The molecule has 0 aromatic carbocycles. The summed E-state index contributed by atoms with van der Waals surface area (Å²) in [5.74, 6) is 0.896. The molecule has 1 aliphatic rings. The molecule has 1 saturated carbocycles. The minimum atomic E-state index is 0.493. The van der Waals surface area contributed by atoms with Crippen LogP contribution in [0.5, 0.6) is 0 Å². The van der Waals surface area contributed by atoms with E-state index in [1.54, 1.807) is 0 Å². The second-order valence-corrected chi connectivity index (χ2v) is 4.53. The Morgan fingerprint density at radius 1 is 1.71 bits per heavy atom. The molecular weight excluding hydrogens is 152 g/mol. The molecule has 0 aromatic heterocycles. The summed E-state index contributed by atoms with van der Waals surface area (Å²) < 4.78 is 0.493. The van der Waals surface area contributed by atoms with Crippen molar-refractivity contribution in [2.75, 3.05) is 0 Å². The molecule has 1 fully saturated rings. The molecule has 1 rings (SSSR count). The third-order valence-corrected chi connectivity index (χ3v) is 3.27. The van der Waals surface area contributed by atoms with Gasteiger partial charge >= 0.3 is 0 Å². The molecule has 7 heavy (non-hydrogen) atoms. The second kappa shape index (κ2) is 1.48. The highest BCUT2D eigenvalue weighted by Gasteiger charge is 2.36. The number of hydrogen-bond donors (Lipinski definition) is 0. The Labute approximate surface area is 53.4 Å². The molecule has 0 bridgehead atoms. The van der Waals surface area contributed by atoms with Gasteiger partial charge in [-0.1, -0.05) is 22.9 Å². The van der Waals surface area contributed by atoms with Crippen LogP contribution >= 0.6 is 15.9 Å². The van der Waals surface area contributed by atoms with E-state index in [4.69, 9.17) is 0 Å². The topological polar surface area (TPSA) is 0 Å². The van der Waals surface area contributed by atoms with E-state index in [-0.39, 0.29) is 0 Å². The summed E-state index contributed by atoms with van der Waals surface area (Å²) in [7, 11) is 0. The third kappa shape index (κ3) is 0.835. The lowest BCUT2D eigenvalue weighted by Crippen LogP contribution is -2.35. The summed E-state index contributed by atoms with van der Waals surface area (Å²) >= 11 is 3.63. The van der Waals surface area contributed by atoms with Crippen LogP contribution in [0.25, 0.3) is 0 Å². The van der Waals surface area contributed by atoms with Crippen molar-refractivity contribution in [3.8, 4) is 0 Å².